The quantitative estimate of drug-likeness (QED) is 0.308. The van der Waals surface area contributed by atoms with Gasteiger partial charge in [0.15, 0.2) is 0 Å². The summed E-state index contributed by atoms with van der Waals surface area (Å²) in [5, 5.41) is 2.36. The smallest absolute Gasteiger partial charge is 0.243 e. The molecule has 2 saturated heterocycles. The van der Waals surface area contributed by atoms with E-state index in [1.165, 1.54) is 43.3 Å². The maximum atomic E-state index is 12.5. The molecule has 0 saturated carbocycles. The SMILES string of the molecule is Cc1ccc(Sc2ccccc2N2CCN(Cc3ccc4c(c3)CN(C3CCC(=O)NC3=O)C4S)CC2)c(C)c1. The summed E-state index contributed by atoms with van der Waals surface area (Å²) in [4.78, 5) is 33.9. The van der Waals surface area contributed by atoms with Crippen molar-refractivity contribution in [3.8, 4) is 0 Å². The Balaban J connectivity index is 1.08. The number of hydrogen-bond donors (Lipinski definition) is 2. The zero-order chi connectivity index (χ0) is 27.8. The molecule has 2 atom stereocenters. The third-order valence-corrected chi connectivity index (χ3v) is 10.1. The minimum atomic E-state index is -0.305. The molecule has 3 aliphatic rings. The van der Waals surface area contributed by atoms with Crippen LogP contribution in [0.1, 0.15) is 46.0 Å². The molecule has 3 aromatic carbocycles. The second-order valence-corrected chi connectivity index (χ2v) is 12.7. The van der Waals surface area contributed by atoms with Crippen LogP contribution in [-0.4, -0.2) is 53.8 Å². The molecule has 0 aromatic heterocycles. The lowest BCUT2D eigenvalue weighted by Gasteiger charge is -2.37. The van der Waals surface area contributed by atoms with Crippen molar-refractivity contribution >= 4 is 41.9 Å². The number of thiol groups is 1. The first-order valence-corrected chi connectivity index (χ1v) is 15.4. The van der Waals surface area contributed by atoms with Crippen LogP contribution in [0.4, 0.5) is 5.69 Å². The number of amides is 2. The van der Waals surface area contributed by atoms with Crippen LogP contribution in [0.25, 0.3) is 0 Å². The normalized spacial score (nSPS) is 21.9. The molecule has 0 bridgehead atoms. The molecule has 6 nitrogen and oxygen atoms in total. The molecule has 0 radical (unpaired) electrons. The first kappa shape index (κ1) is 27.4. The van der Waals surface area contributed by atoms with Crippen molar-refractivity contribution < 1.29 is 9.59 Å². The summed E-state index contributed by atoms with van der Waals surface area (Å²) in [5.41, 5.74) is 7.63. The number of imide groups is 1. The van der Waals surface area contributed by atoms with Gasteiger partial charge >= 0.3 is 0 Å². The van der Waals surface area contributed by atoms with E-state index in [4.69, 9.17) is 12.6 Å². The molecular formula is C32H36N4O2S2. The number of nitrogens with zero attached hydrogens (tertiary/aromatic N) is 3. The molecule has 3 aromatic rings. The van der Waals surface area contributed by atoms with E-state index in [1.54, 1.807) is 0 Å². The number of piperidine rings is 1. The number of anilines is 1. The van der Waals surface area contributed by atoms with Crippen LogP contribution >= 0.6 is 24.4 Å². The van der Waals surface area contributed by atoms with Crippen molar-refractivity contribution in [2.75, 3.05) is 31.1 Å². The molecular weight excluding hydrogens is 537 g/mol. The minimum Gasteiger partial charge on any atom is -0.368 e. The van der Waals surface area contributed by atoms with E-state index in [0.29, 0.717) is 19.4 Å². The van der Waals surface area contributed by atoms with Gasteiger partial charge in [0.1, 0.15) is 0 Å². The molecule has 40 heavy (non-hydrogen) atoms. The van der Waals surface area contributed by atoms with Gasteiger partial charge in [-0.2, -0.15) is 12.6 Å². The van der Waals surface area contributed by atoms with Crippen molar-refractivity contribution in [1.29, 1.82) is 0 Å². The molecule has 2 fully saturated rings. The highest BCUT2D eigenvalue weighted by atomic mass is 32.2. The molecule has 8 heteroatoms. The number of rotatable bonds is 6. The Morgan fingerprint density at radius 2 is 1.75 bits per heavy atom. The summed E-state index contributed by atoms with van der Waals surface area (Å²) in [6.45, 7) is 9.95. The standard InChI is InChI=1S/C32H36N4O2S2/c1-21-7-11-28(22(2)17-21)40-29-6-4-3-5-26(29)35-15-13-34(14-16-35)19-23-8-9-25-24(18-23)20-36(32(25)39)27-10-12-30(37)33-31(27)38/h3-9,11,17-18,27,32,39H,10,12-16,19-20H2,1-2H3,(H,33,37,38). The number of fused-ring (bicyclic) bond motifs is 1. The zero-order valence-corrected chi connectivity index (χ0v) is 24.8. The van der Waals surface area contributed by atoms with Gasteiger partial charge in [0, 0.05) is 55.5 Å². The summed E-state index contributed by atoms with van der Waals surface area (Å²) in [6, 6.07) is 21.8. The summed E-state index contributed by atoms with van der Waals surface area (Å²) < 4.78 is 0. The van der Waals surface area contributed by atoms with E-state index >= 15 is 0 Å². The minimum absolute atomic E-state index is 0.127. The number of aryl methyl sites for hydroxylation is 2. The van der Waals surface area contributed by atoms with Crippen molar-refractivity contribution in [3.05, 3.63) is 88.5 Å². The predicted molar refractivity (Wildman–Crippen MR) is 164 cm³/mol. The number of nitrogens with one attached hydrogen (secondary N) is 1. The molecule has 2 amide bonds. The third kappa shape index (κ3) is 5.68. The maximum Gasteiger partial charge on any atom is 0.243 e. The Labute approximate surface area is 246 Å². The molecule has 0 spiro atoms. The Morgan fingerprint density at radius 3 is 2.52 bits per heavy atom. The van der Waals surface area contributed by atoms with E-state index < -0.39 is 0 Å². The summed E-state index contributed by atoms with van der Waals surface area (Å²) in [5.74, 6) is -0.380. The number of para-hydroxylation sites is 1. The maximum absolute atomic E-state index is 12.5. The third-order valence-electron chi connectivity index (χ3n) is 8.30. The Hall–Kier alpha value is -2.78. The molecule has 208 valence electrons. The van der Waals surface area contributed by atoms with Crippen LogP contribution < -0.4 is 10.2 Å². The molecule has 3 heterocycles. The van der Waals surface area contributed by atoms with Gasteiger partial charge in [-0.15, -0.1) is 0 Å². The molecule has 1 N–H and O–H groups in total. The second kappa shape index (κ2) is 11.6. The van der Waals surface area contributed by atoms with Gasteiger partial charge in [0.25, 0.3) is 0 Å². The van der Waals surface area contributed by atoms with E-state index in [1.807, 2.05) is 11.8 Å². The van der Waals surface area contributed by atoms with E-state index in [2.05, 4.69) is 94.5 Å². The molecule has 0 aliphatic carbocycles. The number of hydrogen-bond acceptors (Lipinski definition) is 7. The van der Waals surface area contributed by atoms with Crippen LogP contribution in [0.3, 0.4) is 0 Å². The van der Waals surface area contributed by atoms with Crippen LogP contribution in [0.5, 0.6) is 0 Å². The fourth-order valence-corrected chi connectivity index (χ4v) is 7.67. The molecule has 3 aliphatic heterocycles. The average Bonchev–Trinajstić information content (AvgIpc) is 3.26. The topological polar surface area (TPSA) is 55.9 Å². The van der Waals surface area contributed by atoms with Gasteiger partial charge < -0.3 is 4.90 Å². The lowest BCUT2D eigenvalue weighted by Crippen LogP contribution is -2.51. The Bertz CT molecular complexity index is 1440. The number of benzene rings is 3. The molecule has 2 unspecified atom stereocenters. The first-order chi connectivity index (χ1) is 19.4. The van der Waals surface area contributed by atoms with Gasteiger partial charge in [0.2, 0.25) is 11.8 Å². The van der Waals surface area contributed by atoms with Gasteiger partial charge in [-0.05, 0) is 60.7 Å². The van der Waals surface area contributed by atoms with Crippen molar-refractivity contribution in [3.63, 3.8) is 0 Å². The number of carbonyl (C=O) groups is 2. The zero-order valence-electron chi connectivity index (χ0n) is 23.1. The highest BCUT2D eigenvalue weighted by Gasteiger charge is 2.39. The summed E-state index contributed by atoms with van der Waals surface area (Å²) in [6.07, 6.45) is 0.939. The van der Waals surface area contributed by atoms with Crippen molar-refractivity contribution in [2.24, 2.45) is 0 Å². The van der Waals surface area contributed by atoms with Gasteiger partial charge in [-0.25, -0.2) is 0 Å². The van der Waals surface area contributed by atoms with Gasteiger partial charge in [-0.3, -0.25) is 24.7 Å². The second-order valence-electron chi connectivity index (χ2n) is 11.1. The monoisotopic (exact) mass is 572 g/mol. The van der Waals surface area contributed by atoms with Crippen LogP contribution in [-0.2, 0) is 22.7 Å². The summed E-state index contributed by atoms with van der Waals surface area (Å²) >= 11 is 6.70. The van der Waals surface area contributed by atoms with Crippen LogP contribution in [0.2, 0.25) is 0 Å². The Kier molecular flexibility index (Phi) is 7.95. The predicted octanol–water partition coefficient (Wildman–Crippen LogP) is 5.33. The average molecular weight is 573 g/mol. The molecule has 6 rings (SSSR count). The lowest BCUT2D eigenvalue weighted by atomic mass is 10.0. The Morgan fingerprint density at radius 1 is 0.950 bits per heavy atom. The number of piperazine rings is 1. The van der Waals surface area contributed by atoms with E-state index in [0.717, 1.165) is 32.7 Å². The highest BCUT2D eigenvalue weighted by molar-refractivity contribution is 7.99. The fraction of sp³-hybridized carbons (Fsp3) is 0.375. The van der Waals surface area contributed by atoms with Crippen molar-refractivity contribution in [2.45, 2.75) is 61.0 Å². The van der Waals surface area contributed by atoms with E-state index in [9.17, 15) is 9.59 Å². The van der Waals surface area contributed by atoms with Crippen molar-refractivity contribution in [1.82, 2.24) is 15.1 Å². The van der Waals surface area contributed by atoms with Crippen LogP contribution in [0.15, 0.2) is 70.5 Å². The van der Waals surface area contributed by atoms with Crippen LogP contribution in [0, 0.1) is 13.8 Å². The largest absolute Gasteiger partial charge is 0.368 e. The van der Waals surface area contributed by atoms with Gasteiger partial charge in [0.05, 0.1) is 17.1 Å². The summed E-state index contributed by atoms with van der Waals surface area (Å²) in [7, 11) is 0. The number of carbonyl (C=O) groups excluding carboxylic acids is 2. The van der Waals surface area contributed by atoms with E-state index in [-0.39, 0.29) is 23.2 Å². The van der Waals surface area contributed by atoms with Gasteiger partial charge in [-0.1, -0.05) is 59.8 Å². The fourth-order valence-electron chi connectivity index (χ4n) is 6.13. The first-order valence-electron chi connectivity index (χ1n) is 14.1. The lowest BCUT2D eigenvalue weighted by molar-refractivity contribution is -0.137. The highest BCUT2D eigenvalue weighted by Crippen LogP contribution is 2.40.